The molecule has 4 nitrogen and oxygen atoms in total. The molecule has 0 fully saturated rings. The van der Waals surface area contributed by atoms with Crippen LogP contribution in [0.15, 0.2) is 42.5 Å². The number of aryl methyl sites for hydroxylation is 1. The molecule has 0 aliphatic carbocycles. The summed E-state index contributed by atoms with van der Waals surface area (Å²) >= 11 is 6.21. The Labute approximate surface area is 194 Å². The lowest BCUT2D eigenvalue weighted by Gasteiger charge is -2.40. The van der Waals surface area contributed by atoms with Crippen LogP contribution in [0.2, 0.25) is 5.02 Å². The molecule has 33 heavy (non-hydrogen) atoms. The van der Waals surface area contributed by atoms with Crippen molar-refractivity contribution < 1.29 is 27.4 Å². The van der Waals surface area contributed by atoms with Gasteiger partial charge in [-0.15, -0.1) is 0 Å². The number of methoxy groups -OCH3 is 1. The summed E-state index contributed by atoms with van der Waals surface area (Å²) in [6, 6.07) is 11.1. The van der Waals surface area contributed by atoms with Crippen molar-refractivity contribution >= 4 is 22.5 Å². The van der Waals surface area contributed by atoms with E-state index in [1.165, 1.54) is 38.2 Å². The number of aliphatic hydroxyl groups is 1. The van der Waals surface area contributed by atoms with Gasteiger partial charge in [0.2, 0.25) is 0 Å². The van der Waals surface area contributed by atoms with Crippen molar-refractivity contribution in [2.24, 2.45) is 0 Å². The van der Waals surface area contributed by atoms with Gasteiger partial charge in [-0.3, -0.25) is 4.98 Å². The van der Waals surface area contributed by atoms with Crippen LogP contribution in [0.1, 0.15) is 22.7 Å². The fourth-order valence-corrected chi connectivity index (χ4v) is 4.40. The maximum absolute atomic E-state index is 14.8. The van der Waals surface area contributed by atoms with Crippen LogP contribution in [0.3, 0.4) is 0 Å². The summed E-state index contributed by atoms with van der Waals surface area (Å²) in [7, 11) is 4.08. The van der Waals surface area contributed by atoms with Gasteiger partial charge in [0.25, 0.3) is 0 Å². The first-order chi connectivity index (χ1) is 15.4. The number of ether oxygens (including phenoxy) is 1. The highest BCUT2D eigenvalue weighted by molar-refractivity contribution is 6.31. The molecule has 3 rings (SSSR count). The number of hydrogen-bond donors (Lipinski definition) is 1. The van der Waals surface area contributed by atoms with Crippen LogP contribution in [-0.2, 0) is 6.42 Å². The largest absolute Gasteiger partial charge is 0.494 e. The van der Waals surface area contributed by atoms with Gasteiger partial charge in [-0.05, 0) is 56.8 Å². The lowest BCUT2D eigenvalue weighted by Crippen LogP contribution is -2.57. The van der Waals surface area contributed by atoms with Crippen LogP contribution in [0.5, 0.6) is 5.75 Å². The number of pyridine rings is 1. The van der Waals surface area contributed by atoms with Crippen molar-refractivity contribution in [3.8, 4) is 5.75 Å². The van der Waals surface area contributed by atoms with E-state index in [0.717, 1.165) is 5.69 Å². The number of rotatable bonds is 7. The third-order valence-corrected chi connectivity index (χ3v) is 6.07. The van der Waals surface area contributed by atoms with Gasteiger partial charge in [0.1, 0.15) is 0 Å². The number of alkyl halides is 3. The zero-order valence-electron chi connectivity index (χ0n) is 18.7. The van der Waals surface area contributed by atoms with Crippen LogP contribution in [0.4, 0.5) is 17.6 Å². The number of hydrogen-bond acceptors (Lipinski definition) is 4. The van der Waals surface area contributed by atoms with E-state index in [-0.39, 0.29) is 17.7 Å². The summed E-state index contributed by atoms with van der Waals surface area (Å²) in [6.07, 6.45) is -5.28. The van der Waals surface area contributed by atoms with Gasteiger partial charge in [0, 0.05) is 23.5 Å². The van der Waals surface area contributed by atoms with E-state index in [4.69, 9.17) is 16.3 Å². The SMILES string of the molecule is COc1ccc(C(Cc2cccc3nc(C)ccc23)C(O)(CN(C)C)C(F)(F)F)c(Cl)c1F. The molecule has 2 unspecified atom stereocenters. The van der Waals surface area contributed by atoms with Crippen LogP contribution in [-0.4, -0.2) is 54.5 Å². The number of nitrogens with zero attached hydrogens (tertiary/aromatic N) is 2. The van der Waals surface area contributed by atoms with Crippen LogP contribution in [0.25, 0.3) is 10.9 Å². The first-order valence-corrected chi connectivity index (χ1v) is 10.6. The molecule has 0 saturated heterocycles. The third-order valence-electron chi connectivity index (χ3n) is 5.68. The van der Waals surface area contributed by atoms with E-state index in [9.17, 15) is 22.7 Å². The molecule has 0 bridgehead atoms. The summed E-state index contributed by atoms with van der Waals surface area (Å²) in [5.74, 6) is -2.79. The minimum atomic E-state index is -5.03. The Morgan fingerprint density at radius 1 is 1.12 bits per heavy atom. The molecule has 1 N–H and O–H groups in total. The second kappa shape index (κ2) is 9.44. The van der Waals surface area contributed by atoms with Crippen molar-refractivity contribution in [3.05, 3.63) is 70.1 Å². The molecular formula is C24H25ClF4N2O2. The zero-order valence-corrected chi connectivity index (χ0v) is 19.4. The van der Waals surface area contributed by atoms with Gasteiger partial charge < -0.3 is 14.7 Å². The quantitative estimate of drug-likeness (QED) is 0.448. The summed E-state index contributed by atoms with van der Waals surface area (Å²) in [4.78, 5) is 5.67. The van der Waals surface area contributed by atoms with Crippen molar-refractivity contribution in [1.82, 2.24) is 9.88 Å². The Balaban J connectivity index is 2.26. The molecule has 0 radical (unpaired) electrons. The predicted octanol–water partition coefficient (Wildman–Crippen LogP) is 5.53. The fourth-order valence-electron chi connectivity index (χ4n) is 4.11. The highest BCUT2D eigenvalue weighted by Gasteiger charge is 2.59. The van der Waals surface area contributed by atoms with Gasteiger partial charge in [-0.1, -0.05) is 35.9 Å². The molecule has 0 amide bonds. The lowest BCUT2D eigenvalue weighted by molar-refractivity contribution is -0.272. The standard InChI is InChI=1S/C24H25ClF4N2O2/c1-14-8-9-16-15(6-5-7-19(16)30-14)12-18(23(32,13-31(2)3)24(27,28)29)17-10-11-20(33-4)22(26)21(17)25/h5-11,18,32H,12-13H2,1-4H3. The first kappa shape index (κ1) is 25.2. The highest BCUT2D eigenvalue weighted by atomic mass is 35.5. The molecule has 178 valence electrons. The molecule has 1 aromatic heterocycles. The predicted molar refractivity (Wildman–Crippen MR) is 120 cm³/mol. The maximum Gasteiger partial charge on any atom is 0.419 e. The molecule has 9 heteroatoms. The van der Waals surface area contributed by atoms with E-state index >= 15 is 0 Å². The fraction of sp³-hybridized carbons (Fsp3) is 0.375. The smallest absolute Gasteiger partial charge is 0.419 e. The van der Waals surface area contributed by atoms with Crippen molar-refractivity contribution in [2.45, 2.75) is 31.0 Å². The Morgan fingerprint density at radius 3 is 2.42 bits per heavy atom. The Bertz CT molecular complexity index is 1150. The molecule has 2 atom stereocenters. The third kappa shape index (κ3) is 4.93. The summed E-state index contributed by atoms with van der Waals surface area (Å²) in [6.45, 7) is 1.07. The molecule has 0 aliphatic rings. The topological polar surface area (TPSA) is 45.6 Å². The maximum atomic E-state index is 14.8. The van der Waals surface area contributed by atoms with E-state index in [0.29, 0.717) is 16.5 Å². The number of aromatic nitrogens is 1. The molecule has 0 spiro atoms. The van der Waals surface area contributed by atoms with Crippen LogP contribution >= 0.6 is 11.6 Å². The minimum absolute atomic E-state index is 0.159. The average molecular weight is 485 g/mol. The van der Waals surface area contributed by atoms with E-state index in [1.54, 1.807) is 30.3 Å². The monoisotopic (exact) mass is 484 g/mol. The molecule has 1 heterocycles. The summed E-state index contributed by atoms with van der Waals surface area (Å²) < 4.78 is 62.9. The Kier molecular flexibility index (Phi) is 7.21. The van der Waals surface area contributed by atoms with Gasteiger partial charge in [-0.25, -0.2) is 4.39 Å². The molecule has 2 aromatic carbocycles. The van der Waals surface area contributed by atoms with E-state index in [2.05, 4.69) is 4.98 Å². The Hall–Kier alpha value is -2.42. The van der Waals surface area contributed by atoms with Crippen LogP contribution < -0.4 is 4.74 Å². The minimum Gasteiger partial charge on any atom is -0.494 e. The molecule has 3 aromatic rings. The Morgan fingerprint density at radius 2 is 1.82 bits per heavy atom. The van der Waals surface area contributed by atoms with Crippen molar-refractivity contribution in [3.63, 3.8) is 0 Å². The molecular weight excluding hydrogens is 460 g/mol. The molecule has 0 aliphatic heterocycles. The van der Waals surface area contributed by atoms with E-state index in [1.807, 2.05) is 6.92 Å². The number of likely N-dealkylation sites (N-methyl/N-ethyl adjacent to an activating group) is 1. The number of fused-ring (bicyclic) bond motifs is 1. The zero-order chi connectivity index (χ0) is 24.6. The first-order valence-electron chi connectivity index (χ1n) is 10.2. The lowest BCUT2D eigenvalue weighted by atomic mass is 9.76. The summed E-state index contributed by atoms with van der Waals surface area (Å²) in [5, 5.41) is 11.3. The normalized spacial score (nSPS) is 15.0. The van der Waals surface area contributed by atoms with Gasteiger partial charge in [0.15, 0.2) is 17.2 Å². The van der Waals surface area contributed by atoms with Crippen LogP contribution in [0, 0.1) is 12.7 Å². The van der Waals surface area contributed by atoms with Crippen molar-refractivity contribution in [1.29, 1.82) is 0 Å². The number of benzene rings is 2. The highest BCUT2D eigenvalue weighted by Crippen LogP contribution is 2.47. The van der Waals surface area contributed by atoms with Gasteiger partial charge >= 0.3 is 6.18 Å². The average Bonchev–Trinajstić information content (AvgIpc) is 2.72. The van der Waals surface area contributed by atoms with Gasteiger partial charge in [-0.2, -0.15) is 13.2 Å². The van der Waals surface area contributed by atoms with Gasteiger partial charge in [0.05, 0.1) is 17.6 Å². The van der Waals surface area contributed by atoms with E-state index < -0.39 is 35.1 Å². The van der Waals surface area contributed by atoms with Crippen molar-refractivity contribution in [2.75, 3.05) is 27.7 Å². The second-order valence-electron chi connectivity index (χ2n) is 8.34. The summed E-state index contributed by atoms with van der Waals surface area (Å²) in [5.41, 5.74) is -1.48. The second-order valence-corrected chi connectivity index (χ2v) is 8.72. The number of halogens is 5. The molecule has 0 saturated carbocycles.